The molecule has 0 unspecified atom stereocenters. The van der Waals surface area contributed by atoms with Gasteiger partial charge in [-0.1, -0.05) is 0 Å². The Hall–Kier alpha value is -1.86. The van der Waals surface area contributed by atoms with Crippen molar-refractivity contribution in [3.05, 3.63) is 24.2 Å². The zero-order valence-electron chi connectivity index (χ0n) is 11.2. The molecular weight excluding hydrogens is 262 g/mol. The van der Waals surface area contributed by atoms with Crippen LogP contribution in [0.1, 0.15) is 18.6 Å². The predicted octanol–water partition coefficient (Wildman–Crippen LogP) is 0.0621. The quantitative estimate of drug-likeness (QED) is 0.725. The van der Waals surface area contributed by atoms with Crippen LogP contribution in [0.15, 0.2) is 22.8 Å². The van der Waals surface area contributed by atoms with Crippen LogP contribution in [-0.2, 0) is 11.3 Å². The first-order chi connectivity index (χ1) is 9.63. The lowest BCUT2D eigenvalue weighted by Gasteiger charge is -2.28. The van der Waals surface area contributed by atoms with Crippen LogP contribution in [0.25, 0.3) is 0 Å². The summed E-state index contributed by atoms with van der Waals surface area (Å²) in [6.07, 6.45) is 2.58. The number of rotatable bonds is 4. The number of carbonyl (C=O) groups is 2. The molecule has 110 valence electrons. The van der Waals surface area contributed by atoms with E-state index in [0.717, 1.165) is 0 Å². The molecule has 0 aromatic carbocycles. The van der Waals surface area contributed by atoms with Gasteiger partial charge in [0.2, 0.25) is 5.91 Å². The molecule has 0 aliphatic carbocycles. The first kappa shape index (κ1) is 14.5. The Morgan fingerprint density at radius 2 is 2.15 bits per heavy atom. The fourth-order valence-corrected chi connectivity index (χ4v) is 2.07. The van der Waals surface area contributed by atoms with Gasteiger partial charge in [0.15, 0.2) is 0 Å². The summed E-state index contributed by atoms with van der Waals surface area (Å²) >= 11 is 0. The third-order valence-electron chi connectivity index (χ3n) is 3.18. The summed E-state index contributed by atoms with van der Waals surface area (Å²) in [4.78, 5) is 25.1. The molecule has 7 heteroatoms. The Bertz CT molecular complexity index is 438. The second-order valence-corrected chi connectivity index (χ2v) is 4.82. The molecular formula is C13H19N3O4. The van der Waals surface area contributed by atoms with Gasteiger partial charge >= 0.3 is 6.03 Å². The van der Waals surface area contributed by atoms with Crippen molar-refractivity contribution in [3.63, 3.8) is 0 Å². The average molecular weight is 281 g/mol. The number of furan rings is 1. The van der Waals surface area contributed by atoms with Gasteiger partial charge in [0.25, 0.3) is 0 Å². The summed E-state index contributed by atoms with van der Waals surface area (Å²) in [5, 5.41) is 14.2. The highest BCUT2D eigenvalue weighted by Gasteiger charge is 2.19. The number of likely N-dealkylation sites (tertiary alicyclic amines) is 1. The number of amides is 3. The number of urea groups is 1. The van der Waals surface area contributed by atoms with Gasteiger partial charge in [0.05, 0.1) is 25.5 Å². The Morgan fingerprint density at radius 3 is 2.80 bits per heavy atom. The number of nitrogens with one attached hydrogen (secondary N) is 2. The largest absolute Gasteiger partial charge is 0.467 e. The molecule has 0 saturated carbocycles. The molecule has 0 atom stereocenters. The lowest BCUT2D eigenvalue weighted by Crippen LogP contribution is -2.46. The van der Waals surface area contributed by atoms with Crippen molar-refractivity contribution in [1.29, 1.82) is 0 Å². The molecule has 7 nitrogen and oxygen atoms in total. The predicted molar refractivity (Wildman–Crippen MR) is 70.8 cm³/mol. The van der Waals surface area contributed by atoms with Crippen molar-refractivity contribution in [2.45, 2.75) is 25.5 Å². The number of aliphatic hydroxyl groups excluding tert-OH is 1. The van der Waals surface area contributed by atoms with Crippen molar-refractivity contribution in [2.24, 2.45) is 0 Å². The highest BCUT2D eigenvalue weighted by Crippen LogP contribution is 2.08. The first-order valence-corrected chi connectivity index (χ1v) is 6.64. The molecule has 2 rings (SSSR count). The molecule has 20 heavy (non-hydrogen) atoms. The summed E-state index contributed by atoms with van der Waals surface area (Å²) in [7, 11) is 0. The third kappa shape index (κ3) is 4.67. The van der Waals surface area contributed by atoms with E-state index in [1.165, 1.54) is 6.26 Å². The summed E-state index contributed by atoms with van der Waals surface area (Å²) < 4.78 is 5.06. The monoisotopic (exact) mass is 281 g/mol. The number of hydrogen-bond donors (Lipinski definition) is 3. The van der Waals surface area contributed by atoms with Crippen LogP contribution in [0, 0.1) is 0 Å². The fraction of sp³-hybridized carbons (Fsp3) is 0.538. The smallest absolute Gasteiger partial charge is 0.321 e. The van der Waals surface area contributed by atoms with Gasteiger partial charge in [-0.25, -0.2) is 4.79 Å². The van der Waals surface area contributed by atoms with E-state index < -0.39 is 6.03 Å². The van der Waals surface area contributed by atoms with E-state index in [2.05, 4.69) is 10.6 Å². The van der Waals surface area contributed by atoms with Gasteiger partial charge in [-0.3, -0.25) is 15.0 Å². The number of imide groups is 1. The maximum absolute atomic E-state index is 11.7. The molecule has 0 radical (unpaired) electrons. The molecule has 1 saturated heterocycles. The number of nitrogens with zero attached hydrogens (tertiary/aromatic N) is 1. The van der Waals surface area contributed by atoms with Gasteiger partial charge < -0.3 is 14.8 Å². The van der Waals surface area contributed by atoms with E-state index in [1.807, 2.05) is 4.90 Å². The molecule has 1 aromatic heterocycles. The Balaban J connectivity index is 1.64. The topological polar surface area (TPSA) is 94.8 Å². The SMILES string of the molecule is O=C(CN1CCC(O)CC1)NC(=O)NCc1ccco1. The minimum atomic E-state index is -0.538. The Morgan fingerprint density at radius 1 is 1.40 bits per heavy atom. The van der Waals surface area contributed by atoms with Crippen LogP contribution in [0.2, 0.25) is 0 Å². The molecule has 3 N–H and O–H groups in total. The molecule has 2 heterocycles. The van der Waals surface area contributed by atoms with E-state index in [9.17, 15) is 14.7 Å². The zero-order valence-corrected chi connectivity index (χ0v) is 11.2. The van der Waals surface area contributed by atoms with Gasteiger partial charge in [-0.05, 0) is 25.0 Å². The van der Waals surface area contributed by atoms with E-state index in [4.69, 9.17) is 4.42 Å². The molecule has 3 amide bonds. The van der Waals surface area contributed by atoms with Crippen molar-refractivity contribution in [2.75, 3.05) is 19.6 Å². The second kappa shape index (κ2) is 7.06. The van der Waals surface area contributed by atoms with E-state index in [-0.39, 0.29) is 25.1 Å². The highest BCUT2D eigenvalue weighted by molar-refractivity contribution is 5.95. The van der Waals surface area contributed by atoms with Crippen LogP contribution < -0.4 is 10.6 Å². The van der Waals surface area contributed by atoms with Crippen LogP contribution in [0.3, 0.4) is 0 Å². The van der Waals surface area contributed by atoms with Crippen LogP contribution >= 0.6 is 0 Å². The zero-order chi connectivity index (χ0) is 14.4. The normalized spacial score (nSPS) is 16.9. The fourth-order valence-electron chi connectivity index (χ4n) is 2.07. The summed E-state index contributed by atoms with van der Waals surface area (Å²) in [6, 6.07) is 2.93. The van der Waals surface area contributed by atoms with E-state index >= 15 is 0 Å². The molecule has 0 bridgehead atoms. The van der Waals surface area contributed by atoms with Crippen molar-refractivity contribution in [3.8, 4) is 0 Å². The number of carbonyl (C=O) groups excluding carboxylic acids is 2. The van der Waals surface area contributed by atoms with E-state index in [1.54, 1.807) is 12.1 Å². The minimum absolute atomic E-state index is 0.168. The average Bonchev–Trinajstić information content (AvgIpc) is 2.92. The maximum Gasteiger partial charge on any atom is 0.321 e. The second-order valence-electron chi connectivity index (χ2n) is 4.82. The van der Waals surface area contributed by atoms with Crippen molar-refractivity contribution < 1.29 is 19.1 Å². The highest BCUT2D eigenvalue weighted by atomic mass is 16.3. The summed E-state index contributed by atoms with van der Waals surface area (Å²) in [5.41, 5.74) is 0. The standard InChI is InChI=1S/C13H19N3O4/c17-10-3-5-16(6-4-10)9-12(18)15-13(19)14-8-11-2-1-7-20-11/h1-2,7,10,17H,3-6,8-9H2,(H2,14,15,18,19). The van der Waals surface area contributed by atoms with Crippen molar-refractivity contribution >= 4 is 11.9 Å². The Labute approximate surface area is 116 Å². The first-order valence-electron chi connectivity index (χ1n) is 6.64. The maximum atomic E-state index is 11.7. The van der Waals surface area contributed by atoms with Crippen LogP contribution in [0.5, 0.6) is 0 Å². The van der Waals surface area contributed by atoms with Gasteiger partial charge in [0.1, 0.15) is 5.76 Å². The molecule has 1 aliphatic rings. The lowest BCUT2D eigenvalue weighted by atomic mass is 10.1. The molecule has 0 spiro atoms. The number of aliphatic hydroxyl groups is 1. The van der Waals surface area contributed by atoms with Gasteiger partial charge in [-0.15, -0.1) is 0 Å². The number of piperidine rings is 1. The van der Waals surface area contributed by atoms with Gasteiger partial charge in [0, 0.05) is 13.1 Å². The molecule has 1 aliphatic heterocycles. The Kier molecular flexibility index (Phi) is 5.14. The lowest BCUT2D eigenvalue weighted by molar-refractivity contribution is -0.121. The van der Waals surface area contributed by atoms with Gasteiger partial charge in [-0.2, -0.15) is 0 Å². The van der Waals surface area contributed by atoms with Crippen LogP contribution in [-0.4, -0.2) is 47.7 Å². The minimum Gasteiger partial charge on any atom is -0.467 e. The molecule has 1 fully saturated rings. The third-order valence-corrected chi connectivity index (χ3v) is 3.18. The summed E-state index contributed by atoms with van der Waals surface area (Å²) in [6.45, 7) is 1.74. The number of hydrogen-bond acceptors (Lipinski definition) is 5. The molecule has 1 aromatic rings. The van der Waals surface area contributed by atoms with Crippen LogP contribution in [0.4, 0.5) is 4.79 Å². The van der Waals surface area contributed by atoms with E-state index in [0.29, 0.717) is 31.7 Å². The van der Waals surface area contributed by atoms with Crippen molar-refractivity contribution in [1.82, 2.24) is 15.5 Å². The summed E-state index contributed by atoms with van der Waals surface area (Å²) in [5.74, 6) is 0.274.